The Bertz CT molecular complexity index is 762. The van der Waals surface area contributed by atoms with Gasteiger partial charge in [-0.05, 0) is 37.4 Å². The second-order valence-corrected chi connectivity index (χ2v) is 8.70. The monoisotopic (exact) mass is 406 g/mol. The number of halogens is 3. The first-order valence-electron chi connectivity index (χ1n) is 8.67. The molecule has 0 amide bonds. The van der Waals surface area contributed by atoms with Crippen molar-refractivity contribution in [3.8, 4) is 0 Å². The lowest BCUT2D eigenvalue weighted by Crippen LogP contribution is -2.52. The molecule has 27 heavy (non-hydrogen) atoms. The van der Waals surface area contributed by atoms with Gasteiger partial charge in [0, 0.05) is 6.54 Å². The number of alkyl halides is 3. The number of carbonyl (C=O) groups excluding carboxylic acids is 1. The van der Waals surface area contributed by atoms with Crippen molar-refractivity contribution in [2.75, 3.05) is 25.4 Å². The average molecular weight is 406 g/mol. The zero-order chi connectivity index (χ0) is 19.7. The van der Waals surface area contributed by atoms with Crippen LogP contribution in [0.5, 0.6) is 0 Å². The summed E-state index contributed by atoms with van der Waals surface area (Å²) in [5.41, 5.74) is 0.231. The zero-order valence-corrected chi connectivity index (χ0v) is 15.3. The van der Waals surface area contributed by atoms with Crippen LogP contribution in [-0.2, 0) is 19.6 Å². The van der Waals surface area contributed by atoms with Gasteiger partial charge >= 0.3 is 12.1 Å². The number of sulfonamides is 1. The van der Waals surface area contributed by atoms with Gasteiger partial charge in [0.05, 0.1) is 0 Å². The fourth-order valence-electron chi connectivity index (χ4n) is 3.60. The molecule has 0 aliphatic carbocycles. The van der Waals surface area contributed by atoms with Gasteiger partial charge in [-0.25, -0.2) is 13.2 Å². The molecular formula is C17H21F3N2O4S. The van der Waals surface area contributed by atoms with Crippen LogP contribution >= 0.6 is 0 Å². The van der Waals surface area contributed by atoms with E-state index in [-0.39, 0.29) is 17.6 Å². The van der Waals surface area contributed by atoms with Crippen molar-refractivity contribution in [2.45, 2.75) is 31.2 Å². The van der Waals surface area contributed by atoms with Crippen molar-refractivity contribution < 1.29 is 31.1 Å². The van der Waals surface area contributed by atoms with Gasteiger partial charge in [-0.1, -0.05) is 30.3 Å². The number of piperidine rings is 3. The SMILES string of the molecule is O=C(OC1CN2CCC1CC2)C(NS(=O)(=O)CC(F)(F)F)c1ccccc1. The van der Waals surface area contributed by atoms with E-state index in [0.717, 1.165) is 25.9 Å². The molecule has 2 bridgehead atoms. The quantitative estimate of drug-likeness (QED) is 0.730. The van der Waals surface area contributed by atoms with E-state index in [9.17, 15) is 26.4 Å². The van der Waals surface area contributed by atoms with Gasteiger partial charge in [-0.15, -0.1) is 0 Å². The van der Waals surface area contributed by atoms with Crippen LogP contribution in [0.4, 0.5) is 13.2 Å². The lowest BCUT2D eigenvalue weighted by molar-refractivity contribution is -0.161. The molecular weight excluding hydrogens is 385 g/mol. The third kappa shape index (κ3) is 5.43. The highest BCUT2D eigenvalue weighted by Gasteiger charge is 2.40. The van der Waals surface area contributed by atoms with Gasteiger partial charge < -0.3 is 4.74 Å². The summed E-state index contributed by atoms with van der Waals surface area (Å²) in [4.78, 5) is 14.8. The molecule has 3 fully saturated rings. The molecule has 0 spiro atoms. The number of nitrogens with zero attached hydrogens (tertiary/aromatic N) is 1. The Labute approximate surface area is 155 Å². The molecule has 10 heteroatoms. The molecule has 0 saturated carbocycles. The molecule has 1 aromatic carbocycles. The van der Waals surface area contributed by atoms with Crippen LogP contribution in [0.15, 0.2) is 30.3 Å². The second-order valence-electron chi connectivity index (χ2n) is 6.95. The highest BCUT2D eigenvalue weighted by atomic mass is 32.2. The number of hydrogen-bond acceptors (Lipinski definition) is 5. The minimum absolute atomic E-state index is 0.196. The molecule has 1 N–H and O–H groups in total. The molecule has 2 atom stereocenters. The van der Waals surface area contributed by atoms with Crippen molar-refractivity contribution >= 4 is 16.0 Å². The van der Waals surface area contributed by atoms with Gasteiger partial charge in [-0.3, -0.25) is 4.90 Å². The lowest BCUT2D eigenvalue weighted by Gasteiger charge is -2.44. The van der Waals surface area contributed by atoms with Crippen molar-refractivity contribution in [3.63, 3.8) is 0 Å². The van der Waals surface area contributed by atoms with Crippen LogP contribution in [0.3, 0.4) is 0 Å². The maximum Gasteiger partial charge on any atom is 0.404 e. The topological polar surface area (TPSA) is 75.7 Å². The Morgan fingerprint density at radius 2 is 1.85 bits per heavy atom. The Hall–Kier alpha value is -1.65. The summed E-state index contributed by atoms with van der Waals surface area (Å²) >= 11 is 0. The summed E-state index contributed by atoms with van der Waals surface area (Å²) in [5, 5.41) is 0. The number of benzene rings is 1. The first kappa shape index (κ1) is 20.1. The number of esters is 1. The normalized spacial score (nSPS) is 26.6. The predicted molar refractivity (Wildman–Crippen MR) is 91.2 cm³/mol. The Balaban J connectivity index is 1.77. The molecule has 1 aromatic rings. The molecule has 3 aliphatic heterocycles. The Morgan fingerprint density at radius 1 is 1.22 bits per heavy atom. The maximum atomic E-state index is 12.7. The summed E-state index contributed by atoms with van der Waals surface area (Å²) in [6.07, 6.45) is -3.52. The molecule has 4 rings (SSSR count). The molecule has 3 aliphatic rings. The van der Waals surface area contributed by atoms with Gasteiger partial charge in [0.15, 0.2) is 5.75 Å². The van der Waals surface area contributed by atoms with E-state index in [1.54, 1.807) is 18.2 Å². The average Bonchev–Trinajstić information content (AvgIpc) is 2.59. The standard InChI is InChI=1S/C17H21F3N2O4S/c18-17(19,20)11-27(24,25)21-15(13-4-2-1-3-5-13)16(23)26-14-10-22-8-6-12(14)7-9-22/h1-5,12,14-15,21H,6-11H2. The Morgan fingerprint density at radius 3 is 2.37 bits per heavy atom. The molecule has 3 saturated heterocycles. The number of rotatable bonds is 6. The number of nitrogens with one attached hydrogen (secondary N) is 1. The van der Waals surface area contributed by atoms with E-state index in [0.29, 0.717) is 6.54 Å². The van der Waals surface area contributed by atoms with E-state index in [1.807, 2.05) is 4.72 Å². The highest BCUT2D eigenvalue weighted by Crippen LogP contribution is 2.31. The summed E-state index contributed by atoms with van der Waals surface area (Å²) in [6, 6.07) is 6.22. The summed E-state index contributed by atoms with van der Waals surface area (Å²) in [6.45, 7) is 2.42. The van der Waals surface area contributed by atoms with E-state index in [1.165, 1.54) is 12.1 Å². The molecule has 0 aromatic heterocycles. The van der Waals surface area contributed by atoms with E-state index < -0.39 is 34.0 Å². The van der Waals surface area contributed by atoms with Crippen LogP contribution in [0.25, 0.3) is 0 Å². The van der Waals surface area contributed by atoms with Crippen molar-refractivity contribution in [2.24, 2.45) is 5.92 Å². The molecule has 6 nitrogen and oxygen atoms in total. The smallest absolute Gasteiger partial charge is 0.404 e. The highest BCUT2D eigenvalue weighted by molar-refractivity contribution is 7.89. The molecule has 150 valence electrons. The first-order chi connectivity index (χ1) is 12.6. The van der Waals surface area contributed by atoms with Crippen molar-refractivity contribution in [1.82, 2.24) is 9.62 Å². The van der Waals surface area contributed by atoms with Gasteiger partial charge in [0.1, 0.15) is 12.1 Å². The van der Waals surface area contributed by atoms with Gasteiger partial charge in [-0.2, -0.15) is 17.9 Å². The van der Waals surface area contributed by atoms with Crippen LogP contribution in [-0.4, -0.2) is 57.0 Å². The summed E-state index contributed by atoms with van der Waals surface area (Å²) < 4.78 is 68.8. The maximum absolute atomic E-state index is 12.7. The van der Waals surface area contributed by atoms with Gasteiger partial charge in [0.25, 0.3) is 0 Å². The second kappa shape index (κ2) is 7.76. The number of carbonyl (C=O) groups is 1. The van der Waals surface area contributed by atoms with Crippen molar-refractivity contribution in [3.05, 3.63) is 35.9 Å². The van der Waals surface area contributed by atoms with E-state index in [2.05, 4.69) is 4.90 Å². The summed E-state index contributed by atoms with van der Waals surface area (Å²) in [7, 11) is -4.77. The fraction of sp³-hybridized carbons (Fsp3) is 0.588. The van der Waals surface area contributed by atoms with E-state index >= 15 is 0 Å². The van der Waals surface area contributed by atoms with Crippen molar-refractivity contribution in [1.29, 1.82) is 0 Å². The third-order valence-corrected chi connectivity index (χ3v) is 6.19. The predicted octanol–water partition coefficient (Wildman–Crippen LogP) is 1.85. The minimum atomic E-state index is -4.91. The summed E-state index contributed by atoms with van der Waals surface area (Å²) in [5.74, 6) is -2.75. The van der Waals surface area contributed by atoms with Crippen LogP contribution < -0.4 is 4.72 Å². The zero-order valence-electron chi connectivity index (χ0n) is 14.5. The molecule has 3 heterocycles. The number of ether oxygens (including phenoxy) is 1. The number of hydrogen-bond donors (Lipinski definition) is 1. The first-order valence-corrected chi connectivity index (χ1v) is 10.3. The van der Waals surface area contributed by atoms with Gasteiger partial charge in [0.2, 0.25) is 10.0 Å². The lowest BCUT2D eigenvalue weighted by atomic mass is 9.86. The molecule has 0 radical (unpaired) electrons. The number of fused-ring (bicyclic) bond motifs is 3. The third-order valence-electron chi connectivity index (χ3n) is 4.88. The van der Waals surface area contributed by atoms with E-state index in [4.69, 9.17) is 4.74 Å². The fourth-order valence-corrected chi connectivity index (χ4v) is 4.70. The molecule has 2 unspecified atom stereocenters. The Kier molecular flexibility index (Phi) is 5.78. The minimum Gasteiger partial charge on any atom is -0.459 e. The van der Waals surface area contributed by atoms with Crippen LogP contribution in [0.1, 0.15) is 24.4 Å². The largest absolute Gasteiger partial charge is 0.459 e. The van der Waals surface area contributed by atoms with Crippen LogP contribution in [0, 0.1) is 5.92 Å². The van der Waals surface area contributed by atoms with Crippen LogP contribution in [0.2, 0.25) is 0 Å².